The molecule has 0 spiro atoms. The summed E-state index contributed by atoms with van der Waals surface area (Å²) in [4.78, 5) is 3.22. The quantitative estimate of drug-likeness (QED) is 0.404. The van der Waals surface area contributed by atoms with Gasteiger partial charge in [-0.15, -0.1) is 0 Å². The van der Waals surface area contributed by atoms with E-state index in [4.69, 9.17) is 11.5 Å². The number of aromatic hydroxyl groups is 1. The van der Waals surface area contributed by atoms with Crippen molar-refractivity contribution in [3.8, 4) is 5.75 Å². The molecular formula is C20H18F6N4O. The number of rotatable bonds is 5. The van der Waals surface area contributed by atoms with Gasteiger partial charge in [-0.25, -0.2) is 4.99 Å². The second-order valence-electron chi connectivity index (χ2n) is 6.38. The van der Waals surface area contributed by atoms with Gasteiger partial charge < -0.3 is 22.3 Å². The molecule has 1 unspecified atom stereocenters. The molecule has 0 radical (unpaired) electrons. The molecule has 7 N–H and O–H groups in total. The first-order valence-corrected chi connectivity index (χ1v) is 8.60. The van der Waals surface area contributed by atoms with E-state index < -0.39 is 29.8 Å². The van der Waals surface area contributed by atoms with Crippen LogP contribution in [0.5, 0.6) is 5.75 Å². The minimum absolute atomic E-state index is 0.0165. The third-order valence-corrected chi connectivity index (χ3v) is 3.97. The van der Waals surface area contributed by atoms with Crippen molar-refractivity contribution in [3.05, 3.63) is 77.5 Å². The molecular weight excluding hydrogens is 426 g/mol. The highest BCUT2D eigenvalue weighted by molar-refractivity contribution is 6.01. The molecule has 31 heavy (non-hydrogen) atoms. The summed E-state index contributed by atoms with van der Waals surface area (Å²) in [5, 5.41) is 9.50. The highest BCUT2D eigenvalue weighted by Crippen LogP contribution is 2.28. The first kappa shape index (κ1) is 23.8. The number of hydrogen-bond acceptors (Lipinski definition) is 5. The first-order valence-electron chi connectivity index (χ1n) is 8.60. The Bertz CT molecular complexity index is 1010. The molecule has 5 nitrogen and oxygen atoms in total. The fraction of sp³-hybridized carbons (Fsp3) is 0.150. The van der Waals surface area contributed by atoms with Crippen LogP contribution in [0.3, 0.4) is 0 Å². The topological polar surface area (TPSA) is 111 Å². The van der Waals surface area contributed by atoms with Gasteiger partial charge in [-0.3, -0.25) is 0 Å². The lowest BCUT2D eigenvalue weighted by atomic mass is 10.0. The van der Waals surface area contributed by atoms with Crippen LogP contribution < -0.4 is 17.2 Å². The van der Waals surface area contributed by atoms with E-state index in [0.717, 1.165) is 12.1 Å². The standard InChI is InChI=1S/C20H18F6N4O/c21-19(22,23)17(29)10-18(20(24,25)26)30-13-6-4-11(5-7-13)15(27)9-16(28)12-2-1-3-14(31)8-12/h1-10,16,31H,27-29H2/b15-9-,17-10?,30-18?. The zero-order valence-corrected chi connectivity index (χ0v) is 15.7. The zero-order chi connectivity index (χ0) is 23.4. The Hall–Kier alpha value is -3.47. The van der Waals surface area contributed by atoms with Crippen LogP contribution in [-0.4, -0.2) is 23.2 Å². The molecule has 1 atom stereocenters. The lowest BCUT2D eigenvalue weighted by Gasteiger charge is -2.11. The lowest BCUT2D eigenvalue weighted by molar-refractivity contribution is -0.0928. The fourth-order valence-electron chi connectivity index (χ4n) is 2.39. The SMILES string of the molecule is NC(=CC(=Nc1ccc(/C(N)=C/C(N)c2cccc(O)c2)cc1)C(F)(F)F)C(F)(F)F. The van der Waals surface area contributed by atoms with Crippen molar-refractivity contribution in [1.82, 2.24) is 0 Å². The second-order valence-corrected chi connectivity index (χ2v) is 6.38. The van der Waals surface area contributed by atoms with Crippen LogP contribution in [0, 0.1) is 0 Å². The number of hydrogen-bond donors (Lipinski definition) is 4. The minimum Gasteiger partial charge on any atom is -0.508 e. The molecule has 2 aromatic carbocycles. The van der Waals surface area contributed by atoms with Crippen LogP contribution in [0.4, 0.5) is 32.0 Å². The molecule has 0 amide bonds. The molecule has 0 saturated carbocycles. The van der Waals surface area contributed by atoms with Gasteiger partial charge in [-0.1, -0.05) is 24.3 Å². The van der Waals surface area contributed by atoms with E-state index in [1.54, 1.807) is 12.1 Å². The third kappa shape index (κ3) is 6.78. The van der Waals surface area contributed by atoms with Crippen LogP contribution in [0.2, 0.25) is 0 Å². The van der Waals surface area contributed by atoms with Crippen LogP contribution in [-0.2, 0) is 0 Å². The maximum absolute atomic E-state index is 13.0. The summed E-state index contributed by atoms with van der Waals surface area (Å²) < 4.78 is 76.5. The molecule has 11 heteroatoms. The zero-order valence-electron chi connectivity index (χ0n) is 15.7. The third-order valence-electron chi connectivity index (χ3n) is 3.97. The van der Waals surface area contributed by atoms with E-state index in [9.17, 15) is 31.4 Å². The van der Waals surface area contributed by atoms with Crippen LogP contribution in [0.1, 0.15) is 17.2 Å². The molecule has 0 aromatic heterocycles. The number of halogens is 6. The Morgan fingerprint density at radius 1 is 0.935 bits per heavy atom. The Morgan fingerprint density at radius 2 is 1.55 bits per heavy atom. The molecule has 0 bridgehead atoms. The van der Waals surface area contributed by atoms with E-state index >= 15 is 0 Å². The van der Waals surface area contributed by atoms with Crippen molar-refractivity contribution in [3.63, 3.8) is 0 Å². The van der Waals surface area contributed by atoms with E-state index in [1.807, 2.05) is 0 Å². The van der Waals surface area contributed by atoms with Gasteiger partial charge in [0, 0.05) is 5.70 Å². The lowest BCUT2D eigenvalue weighted by Crippen LogP contribution is -2.26. The number of benzene rings is 2. The summed E-state index contributed by atoms with van der Waals surface area (Å²) in [5.41, 5.74) is 13.8. The Kier molecular flexibility index (Phi) is 7.01. The van der Waals surface area contributed by atoms with E-state index in [-0.39, 0.29) is 23.2 Å². The maximum Gasteiger partial charge on any atom is 0.433 e. The number of nitrogens with two attached hydrogens (primary N) is 3. The molecule has 0 aliphatic carbocycles. The van der Waals surface area contributed by atoms with Crippen molar-refractivity contribution in [1.29, 1.82) is 0 Å². The van der Waals surface area contributed by atoms with Crippen LogP contribution in [0.25, 0.3) is 5.70 Å². The highest BCUT2D eigenvalue weighted by atomic mass is 19.4. The molecule has 0 aliphatic heterocycles. The average molecular weight is 444 g/mol. The normalized spacial score (nSPS) is 15.1. The number of phenolic OH excluding ortho intramolecular Hbond substituents is 1. The second kappa shape index (κ2) is 9.13. The predicted molar refractivity (Wildman–Crippen MR) is 105 cm³/mol. The van der Waals surface area contributed by atoms with Gasteiger partial charge in [-0.2, -0.15) is 26.3 Å². The van der Waals surface area contributed by atoms with E-state index in [2.05, 4.69) is 10.7 Å². The van der Waals surface area contributed by atoms with Gasteiger partial charge in [0.15, 0.2) is 0 Å². The molecule has 2 aromatic rings. The number of aliphatic imine (C=N–C) groups is 1. The summed E-state index contributed by atoms with van der Waals surface area (Å²) in [7, 11) is 0. The van der Waals surface area contributed by atoms with Crippen molar-refractivity contribution in [2.24, 2.45) is 22.2 Å². The van der Waals surface area contributed by atoms with Crippen molar-refractivity contribution in [2.75, 3.05) is 0 Å². The van der Waals surface area contributed by atoms with Gasteiger partial charge in [0.05, 0.1) is 11.7 Å². The molecule has 0 saturated heterocycles. The smallest absolute Gasteiger partial charge is 0.433 e. The fourth-order valence-corrected chi connectivity index (χ4v) is 2.39. The summed E-state index contributed by atoms with van der Waals surface area (Å²) in [6.45, 7) is 0. The maximum atomic E-state index is 13.0. The summed E-state index contributed by atoms with van der Waals surface area (Å²) in [6, 6.07) is 10.5. The van der Waals surface area contributed by atoms with Gasteiger partial charge in [0.25, 0.3) is 0 Å². The van der Waals surface area contributed by atoms with Gasteiger partial charge in [0.1, 0.15) is 17.2 Å². The number of phenols is 1. The summed E-state index contributed by atoms with van der Waals surface area (Å²) in [5.74, 6) is 0.0165. The Labute approximate surface area is 173 Å². The van der Waals surface area contributed by atoms with Gasteiger partial charge in [0.2, 0.25) is 0 Å². The molecule has 166 valence electrons. The van der Waals surface area contributed by atoms with E-state index in [0.29, 0.717) is 11.1 Å². The van der Waals surface area contributed by atoms with Gasteiger partial charge in [-0.05, 0) is 47.5 Å². The van der Waals surface area contributed by atoms with Gasteiger partial charge >= 0.3 is 12.4 Å². The first-order chi connectivity index (χ1) is 14.3. The average Bonchev–Trinajstić information content (AvgIpc) is 2.66. The van der Waals surface area contributed by atoms with Crippen LogP contribution >= 0.6 is 0 Å². The summed E-state index contributed by atoms with van der Waals surface area (Å²) in [6.07, 6.45) is -9.07. The van der Waals surface area contributed by atoms with Crippen molar-refractivity contribution < 1.29 is 31.4 Å². The molecule has 0 aliphatic rings. The highest BCUT2D eigenvalue weighted by Gasteiger charge is 2.38. The molecule has 2 rings (SSSR count). The summed E-state index contributed by atoms with van der Waals surface area (Å²) >= 11 is 0. The monoisotopic (exact) mass is 444 g/mol. The Morgan fingerprint density at radius 3 is 2.06 bits per heavy atom. The number of nitrogens with zero attached hydrogens (tertiary/aromatic N) is 1. The van der Waals surface area contributed by atoms with Crippen molar-refractivity contribution in [2.45, 2.75) is 18.4 Å². The Balaban J connectivity index is 2.30. The largest absolute Gasteiger partial charge is 0.508 e. The van der Waals surface area contributed by atoms with Crippen LogP contribution in [0.15, 0.2) is 71.4 Å². The number of alkyl halides is 6. The van der Waals surface area contributed by atoms with Crippen molar-refractivity contribution >= 4 is 17.1 Å². The molecule has 0 heterocycles. The number of allylic oxidation sites excluding steroid dienone is 2. The minimum atomic E-state index is -5.15. The van der Waals surface area contributed by atoms with E-state index in [1.165, 1.54) is 30.3 Å². The predicted octanol–water partition coefficient (Wildman–Crippen LogP) is 4.43. The molecule has 0 fully saturated rings.